The molecule has 0 rings (SSSR count). The highest BCUT2D eigenvalue weighted by Gasteiger charge is 2.27. The molecule has 2 N–H and O–H groups in total. The topological polar surface area (TPSA) is 57.5 Å². The number of hydrogen-bond donors (Lipinski definition) is 2. The number of aliphatic hydroxyl groups is 2. The van der Waals surface area contributed by atoms with Gasteiger partial charge >= 0.3 is 5.91 Å². The van der Waals surface area contributed by atoms with Crippen molar-refractivity contribution in [2.45, 2.75) is 6.10 Å². The normalized spacial score (nSPS) is 13.5. The Morgan fingerprint density at radius 2 is 1.82 bits per heavy atom. The third-order valence-electron chi connectivity index (χ3n) is 1.12. The molecule has 1 unspecified atom stereocenters. The van der Waals surface area contributed by atoms with Crippen LogP contribution in [-0.2, 0) is 4.79 Å². The van der Waals surface area contributed by atoms with Crippen molar-refractivity contribution in [2.24, 2.45) is 0 Å². The maximum absolute atomic E-state index is 11.0. The summed E-state index contributed by atoms with van der Waals surface area (Å²) in [7, 11) is 4.92. The third-order valence-corrected chi connectivity index (χ3v) is 1.12. The maximum atomic E-state index is 11.0. The smallest absolute Gasteiger partial charge is 0.344 e. The van der Waals surface area contributed by atoms with Gasteiger partial charge in [-0.15, -0.1) is 0 Å². The van der Waals surface area contributed by atoms with Crippen molar-refractivity contribution < 1.29 is 31.9 Å². The Morgan fingerprint density at radius 1 is 1.45 bits per heavy atom. The first kappa shape index (κ1) is 13.4. The summed E-state index contributed by atoms with van der Waals surface area (Å²) in [4.78, 5) is 11.0. The van der Waals surface area contributed by atoms with Gasteiger partial charge < -0.3 is 22.6 Å². The number of likely N-dealkylation sites (N-methyl/N-ethyl adjacent to an activating group) is 1. The van der Waals surface area contributed by atoms with Crippen molar-refractivity contribution in [3.05, 3.63) is 0 Å². The molecular formula is C6H14ClNO3. The highest BCUT2D eigenvalue weighted by Crippen LogP contribution is 1.96. The van der Waals surface area contributed by atoms with E-state index in [4.69, 9.17) is 10.2 Å². The van der Waals surface area contributed by atoms with Crippen LogP contribution in [0.2, 0.25) is 0 Å². The van der Waals surface area contributed by atoms with Crippen LogP contribution in [0.4, 0.5) is 0 Å². The lowest BCUT2D eigenvalue weighted by molar-refractivity contribution is -0.794. The van der Waals surface area contributed by atoms with Crippen LogP contribution < -0.4 is 12.4 Å². The predicted molar refractivity (Wildman–Crippen MR) is 36.1 cm³/mol. The Kier molecular flexibility index (Phi) is 5.69. The van der Waals surface area contributed by atoms with Crippen LogP contribution in [0.15, 0.2) is 0 Å². The first-order valence-electron chi connectivity index (χ1n) is 3.04. The molecule has 0 aliphatic heterocycles. The van der Waals surface area contributed by atoms with Gasteiger partial charge in [0.2, 0.25) is 0 Å². The zero-order chi connectivity index (χ0) is 8.36. The summed E-state index contributed by atoms with van der Waals surface area (Å²) in [5.74, 6) is -0.387. The molecule has 0 aromatic rings. The minimum absolute atomic E-state index is 0. The number of nitrogens with zero attached hydrogens (tertiary/aromatic N) is 1. The molecule has 1 amide bonds. The summed E-state index contributed by atoms with van der Waals surface area (Å²) in [5, 5.41) is 17.2. The van der Waals surface area contributed by atoms with Crippen LogP contribution in [0, 0.1) is 0 Å². The molecule has 0 aromatic carbocycles. The number of amides is 1. The largest absolute Gasteiger partial charge is 1.00 e. The predicted octanol–water partition coefficient (Wildman–Crippen LogP) is -4.42. The lowest BCUT2D eigenvalue weighted by atomic mass is 10.3. The Hall–Kier alpha value is -0.160. The van der Waals surface area contributed by atoms with Crippen molar-refractivity contribution >= 4 is 5.91 Å². The summed E-state index contributed by atoms with van der Waals surface area (Å²) >= 11 is 0. The Morgan fingerprint density at radius 3 is 1.91 bits per heavy atom. The molecule has 0 aliphatic rings. The molecule has 0 saturated carbocycles. The van der Waals surface area contributed by atoms with Gasteiger partial charge in [0.15, 0.2) is 6.10 Å². The van der Waals surface area contributed by atoms with E-state index in [9.17, 15) is 4.79 Å². The summed E-state index contributed by atoms with van der Waals surface area (Å²) in [6.45, 7) is -0.506. The molecule has 11 heavy (non-hydrogen) atoms. The van der Waals surface area contributed by atoms with Crippen LogP contribution in [0.5, 0.6) is 0 Å². The fourth-order valence-electron chi connectivity index (χ4n) is 0.525. The average molecular weight is 184 g/mol. The van der Waals surface area contributed by atoms with E-state index in [0.717, 1.165) is 0 Å². The number of rotatable bonds is 2. The van der Waals surface area contributed by atoms with E-state index in [1.54, 1.807) is 21.1 Å². The quantitative estimate of drug-likeness (QED) is 0.425. The molecule has 0 aliphatic carbocycles. The van der Waals surface area contributed by atoms with Gasteiger partial charge in [-0.3, -0.25) is 4.48 Å². The van der Waals surface area contributed by atoms with Gasteiger partial charge in [-0.1, -0.05) is 0 Å². The second kappa shape index (κ2) is 4.66. The number of aliphatic hydroxyl groups excluding tert-OH is 2. The van der Waals surface area contributed by atoms with Crippen molar-refractivity contribution in [3.63, 3.8) is 0 Å². The second-order valence-electron chi connectivity index (χ2n) is 3.05. The molecule has 0 spiro atoms. The summed E-state index contributed by atoms with van der Waals surface area (Å²) in [6, 6.07) is 0. The van der Waals surface area contributed by atoms with E-state index in [2.05, 4.69) is 0 Å². The number of quaternary nitrogens is 1. The Bertz CT molecular complexity index is 132. The highest BCUT2D eigenvalue weighted by molar-refractivity contribution is 5.73. The van der Waals surface area contributed by atoms with Crippen molar-refractivity contribution in [1.29, 1.82) is 0 Å². The van der Waals surface area contributed by atoms with Gasteiger partial charge in [0, 0.05) is 0 Å². The van der Waals surface area contributed by atoms with E-state index in [1.165, 1.54) is 0 Å². The van der Waals surface area contributed by atoms with Gasteiger partial charge in [0.05, 0.1) is 27.7 Å². The van der Waals surface area contributed by atoms with Crippen LogP contribution >= 0.6 is 0 Å². The Balaban J connectivity index is 0. The van der Waals surface area contributed by atoms with Gasteiger partial charge in [0.1, 0.15) is 0 Å². The van der Waals surface area contributed by atoms with E-state index < -0.39 is 12.7 Å². The van der Waals surface area contributed by atoms with Crippen LogP contribution in [0.3, 0.4) is 0 Å². The van der Waals surface area contributed by atoms with Gasteiger partial charge in [-0.25, -0.2) is 4.79 Å². The van der Waals surface area contributed by atoms with Crippen molar-refractivity contribution in [2.75, 3.05) is 27.7 Å². The summed E-state index contributed by atoms with van der Waals surface area (Å²) in [6.07, 6.45) is -1.25. The maximum Gasteiger partial charge on any atom is 0.344 e. The molecule has 0 heterocycles. The Labute approximate surface area is 72.4 Å². The zero-order valence-electron chi connectivity index (χ0n) is 6.91. The molecule has 0 radical (unpaired) electrons. The molecule has 0 saturated heterocycles. The van der Waals surface area contributed by atoms with Crippen LogP contribution in [0.1, 0.15) is 0 Å². The van der Waals surface area contributed by atoms with E-state index in [1.807, 2.05) is 0 Å². The van der Waals surface area contributed by atoms with Gasteiger partial charge in [0.25, 0.3) is 0 Å². The number of halogens is 1. The first-order chi connectivity index (χ1) is 4.39. The average Bonchev–Trinajstić information content (AvgIpc) is 1.83. The molecule has 0 bridgehead atoms. The molecule has 68 valence electrons. The SMILES string of the molecule is C[N+](C)(C)C(=O)C(O)CO.[Cl-]. The molecule has 5 heteroatoms. The first-order valence-corrected chi connectivity index (χ1v) is 3.04. The minimum atomic E-state index is -1.25. The van der Waals surface area contributed by atoms with Crippen molar-refractivity contribution in [1.82, 2.24) is 0 Å². The third kappa shape index (κ3) is 4.31. The molecular weight excluding hydrogens is 170 g/mol. The highest BCUT2D eigenvalue weighted by atomic mass is 35.5. The zero-order valence-corrected chi connectivity index (χ0v) is 7.67. The lowest BCUT2D eigenvalue weighted by Gasteiger charge is -2.22. The molecule has 1 atom stereocenters. The van der Waals surface area contributed by atoms with Gasteiger partial charge in [-0.05, 0) is 0 Å². The molecule has 0 aromatic heterocycles. The van der Waals surface area contributed by atoms with E-state index >= 15 is 0 Å². The standard InChI is InChI=1S/C6H14NO3.ClH/c1-7(2,3)6(10)5(9)4-8;/h5,8-9H,4H2,1-3H3;1H/q+1;/p-1. The van der Waals surface area contributed by atoms with Crippen LogP contribution in [0.25, 0.3) is 0 Å². The van der Waals surface area contributed by atoms with E-state index in [-0.39, 0.29) is 22.8 Å². The van der Waals surface area contributed by atoms with Gasteiger partial charge in [-0.2, -0.15) is 0 Å². The number of hydrogen-bond acceptors (Lipinski definition) is 3. The second-order valence-corrected chi connectivity index (χ2v) is 3.05. The van der Waals surface area contributed by atoms with E-state index in [0.29, 0.717) is 0 Å². The number of carbonyl (C=O) groups excluding carboxylic acids is 1. The summed E-state index contributed by atoms with van der Waals surface area (Å²) in [5.41, 5.74) is 0. The molecule has 0 fully saturated rings. The summed E-state index contributed by atoms with van der Waals surface area (Å²) < 4.78 is 0.0295. The lowest BCUT2D eigenvalue weighted by Crippen LogP contribution is -3.00. The molecule has 4 nitrogen and oxygen atoms in total. The number of carbonyl (C=O) groups is 1. The fourth-order valence-corrected chi connectivity index (χ4v) is 0.525. The van der Waals surface area contributed by atoms with Crippen LogP contribution in [-0.4, -0.2) is 54.5 Å². The fraction of sp³-hybridized carbons (Fsp3) is 0.833. The monoisotopic (exact) mass is 183 g/mol. The minimum Gasteiger partial charge on any atom is -1.00 e. The van der Waals surface area contributed by atoms with Crippen molar-refractivity contribution in [3.8, 4) is 0 Å².